The number of aliphatic carboxylic acids is 1. The first-order valence-corrected chi connectivity index (χ1v) is 10.5. The summed E-state index contributed by atoms with van der Waals surface area (Å²) >= 11 is 7.11. The first-order chi connectivity index (χ1) is 15.1. The molecule has 0 radical (unpaired) electrons. The van der Waals surface area contributed by atoms with Gasteiger partial charge >= 0.3 is 12.1 Å². The Bertz CT molecular complexity index is 1200. The normalized spacial score (nSPS) is 17.9. The van der Waals surface area contributed by atoms with E-state index in [0.29, 0.717) is 0 Å². The maximum Gasteiger partial charge on any atom is 0.452 e. The third-order valence-corrected chi connectivity index (χ3v) is 6.62. The van der Waals surface area contributed by atoms with Gasteiger partial charge in [0.2, 0.25) is 5.82 Å². The third kappa shape index (κ3) is 3.90. The van der Waals surface area contributed by atoms with Crippen molar-refractivity contribution < 1.29 is 32.2 Å². The molecular formula is C20H14ClF4N3O3S. The van der Waals surface area contributed by atoms with Crippen molar-refractivity contribution in [3.05, 3.63) is 70.0 Å². The van der Waals surface area contributed by atoms with Gasteiger partial charge in [-0.3, -0.25) is 9.36 Å². The predicted octanol–water partition coefficient (Wildman–Crippen LogP) is 5.44. The predicted molar refractivity (Wildman–Crippen MR) is 109 cm³/mol. The standard InChI is InChI=1S/C20H14ClF4N3O3S/c1-31-13-4-2-3-10(16(13)22)17-11-7-9(21)5-6-12(11)28-18(14(32-17)8-15(29)30)26-27-19(28)20(23,24)25/h2-7,14,17H,8H2,1H3,(H,29,30). The zero-order valence-corrected chi connectivity index (χ0v) is 17.8. The Hall–Kier alpha value is -2.79. The van der Waals surface area contributed by atoms with Crippen LogP contribution in [0.1, 0.15) is 39.7 Å². The summed E-state index contributed by atoms with van der Waals surface area (Å²) in [5.74, 6) is -3.51. The Kier molecular flexibility index (Phi) is 5.80. The number of carboxylic acids is 1. The monoisotopic (exact) mass is 487 g/mol. The van der Waals surface area contributed by atoms with Crippen LogP contribution in [0.2, 0.25) is 5.02 Å². The van der Waals surface area contributed by atoms with Crippen LogP contribution in [-0.4, -0.2) is 33.0 Å². The molecule has 0 amide bonds. The molecular weight excluding hydrogens is 474 g/mol. The van der Waals surface area contributed by atoms with Crippen LogP contribution in [0.3, 0.4) is 0 Å². The first kappa shape index (κ1) is 22.4. The molecule has 1 aromatic heterocycles. The quantitative estimate of drug-likeness (QED) is 0.494. The van der Waals surface area contributed by atoms with Crippen molar-refractivity contribution in [2.45, 2.75) is 23.1 Å². The number of alkyl halides is 3. The molecule has 6 nitrogen and oxygen atoms in total. The highest BCUT2D eigenvalue weighted by Gasteiger charge is 2.43. The first-order valence-electron chi connectivity index (χ1n) is 9.13. The maximum atomic E-state index is 15.2. The Morgan fingerprint density at radius 3 is 2.66 bits per heavy atom. The van der Waals surface area contributed by atoms with Gasteiger partial charge in [-0.1, -0.05) is 23.7 Å². The van der Waals surface area contributed by atoms with Gasteiger partial charge in [-0.05, 0) is 29.8 Å². The van der Waals surface area contributed by atoms with Crippen molar-refractivity contribution in [2.24, 2.45) is 0 Å². The van der Waals surface area contributed by atoms with E-state index in [0.717, 1.165) is 16.3 Å². The molecule has 4 rings (SSSR count). The summed E-state index contributed by atoms with van der Waals surface area (Å²) in [6, 6.07) is 8.60. The molecule has 1 N–H and O–H groups in total. The average molecular weight is 488 g/mol. The summed E-state index contributed by atoms with van der Waals surface area (Å²) in [5.41, 5.74) is 0.406. The van der Waals surface area contributed by atoms with Gasteiger partial charge in [0, 0.05) is 10.6 Å². The Labute approximate surface area is 188 Å². The number of hydrogen-bond acceptors (Lipinski definition) is 5. The van der Waals surface area contributed by atoms with E-state index in [2.05, 4.69) is 10.2 Å². The van der Waals surface area contributed by atoms with Crippen molar-refractivity contribution in [3.8, 4) is 11.4 Å². The molecule has 2 heterocycles. The van der Waals surface area contributed by atoms with Gasteiger partial charge in [0.1, 0.15) is 0 Å². The minimum absolute atomic E-state index is 0.0364. The van der Waals surface area contributed by atoms with Gasteiger partial charge in [-0.15, -0.1) is 22.0 Å². The van der Waals surface area contributed by atoms with Crippen LogP contribution in [-0.2, 0) is 11.0 Å². The van der Waals surface area contributed by atoms with Gasteiger partial charge < -0.3 is 9.84 Å². The lowest BCUT2D eigenvalue weighted by Crippen LogP contribution is -2.16. The molecule has 32 heavy (non-hydrogen) atoms. The molecule has 1 aliphatic heterocycles. The fourth-order valence-corrected chi connectivity index (χ4v) is 5.28. The lowest BCUT2D eigenvalue weighted by molar-refractivity contribution is -0.146. The SMILES string of the molecule is COc1cccc(C2SC(CC(=O)O)c3nnc(C(F)(F)F)n3-c3ccc(Cl)cc32)c1F. The van der Waals surface area contributed by atoms with E-state index in [4.69, 9.17) is 16.3 Å². The number of ether oxygens (including phenoxy) is 1. The molecule has 2 unspecified atom stereocenters. The van der Waals surface area contributed by atoms with Gasteiger partial charge in [-0.25, -0.2) is 4.39 Å². The second-order valence-corrected chi connectivity index (χ2v) is 8.63. The highest BCUT2D eigenvalue weighted by atomic mass is 35.5. The summed E-state index contributed by atoms with van der Waals surface area (Å²) in [4.78, 5) is 11.5. The van der Waals surface area contributed by atoms with E-state index in [9.17, 15) is 23.1 Å². The summed E-state index contributed by atoms with van der Waals surface area (Å²) in [6.07, 6.45) is -5.41. The van der Waals surface area contributed by atoms with Crippen molar-refractivity contribution in [2.75, 3.05) is 7.11 Å². The molecule has 12 heteroatoms. The topological polar surface area (TPSA) is 77.2 Å². The number of carbonyl (C=O) groups is 1. The smallest absolute Gasteiger partial charge is 0.452 e. The molecule has 3 aromatic rings. The van der Waals surface area contributed by atoms with Crippen LogP contribution in [0.15, 0.2) is 36.4 Å². The molecule has 0 aliphatic carbocycles. The molecule has 0 saturated carbocycles. The largest absolute Gasteiger partial charge is 0.494 e. The number of aromatic nitrogens is 3. The summed E-state index contributed by atoms with van der Waals surface area (Å²) < 4.78 is 62.2. The lowest BCUT2D eigenvalue weighted by Gasteiger charge is -2.22. The number of benzene rings is 2. The minimum atomic E-state index is -4.86. The van der Waals surface area contributed by atoms with E-state index in [-0.39, 0.29) is 33.4 Å². The fourth-order valence-electron chi connectivity index (χ4n) is 3.59. The minimum Gasteiger partial charge on any atom is -0.494 e. The van der Waals surface area contributed by atoms with Crippen LogP contribution in [0.4, 0.5) is 17.6 Å². The summed E-state index contributed by atoms with van der Waals surface area (Å²) in [6.45, 7) is 0. The molecule has 0 spiro atoms. The number of thioether (sulfide) groups is 1. The summed E-state index contributed by atoms with van der Waals surface area (Å²) in [7, 11) is 1.29. The van der Waals surface area contributed by atoms with Gasteiger partial charge in [0.25, 0.3) is 0 Å². The van der Waals surface area contributed by atoms with Crippen LogP contribution in [0.5, 0.6) is 5.75 Å². The third-order valence-electron chi connectivity index (χ3n) is 4.90. The number of nitrogens with zero attached hydrogens (tertiary/aromatic N) is 3. The molecule has 2 aromatic carbocycles. The number of carboxylic acid groups (broad SMARTS) is 1. The Morgan fingerprint density at radius 2 is 2.00 bits per heavy atom. The Balaban J connectivity index is 2.03. The zero-order chi connectivity index (χ0) is 23.2. The molecule has 0 fully saturated rings. The van der Waals surface area contributed by atoms with Crippen LogP contribution in [0, 0.1) is 5.82 Å². The summed E-state index contributed by atoms with van der Waals surface area (Å²) in [5, 5.41) is 14.6. The lowest BCUT2D eigenvalue weighted by atomic mass is 10.0. The number of methoxy groups -OCH3 is 1. The Morgan fingerprint density at radius 1 is 1.25 bits per heavy atom. The van der Waals surface area contributed by atoms with Crippen molar-refractivity contribution >= 4 is 29.3 Å². The van der Waals surface area contributed by atoms with E-state index < -0.39 is 40.7 Å². The number of hydrogen-bond donors (Lipinski definition) is 1. The number of halogens is 5. The molecule has 2 atom stereocenters. The molecule has 1 aliphatic rings. The van der Waals surface area contributed by atoms with Crippen LogP contribution in [0.25, 0.3) is 5.69 Å². The number of rotatable bonds is 4. The maximum absolute atomic E-state index is 15.2. The van der Waals surface area contributed by atoms with Gasteiger partial charge in [0.15, 0.2) is 17.4 Å². The van der Waals surface area contributed by atoms with Crippen LogP contribution < -0.4 is 4.74 Å². The molecule has 0 bridgehead atoms. The zero-order valence-electron chi connectivity index (χ0n) is 16.2. The van der Waals surface area contributed by atoms with Crippen molar-refractivity contribution in [1.82, 2.24) is 14.8 Å². The van der Waals surface area contributed by atoms with E-state index in [1.165, 1.54) is 37.4 Å². The molecule has 168 valence electrons. The number of fused-ring (bicyclic) bond motifs is 3. The average Bonchev–Trinajstić information content (AvgIpc) is 3.12. The molecule has 0 saturated heterocycles. The van der Waals surface area contributed by atoms with Crippen LogP contribution >= 0.6 is 23.4 Å². The van der Waals surface area contributed by atoms with Crippen molar-refractivity contribution in [1.29, 1.82) is 0 Å². The van der Waals surface area contributed by atoms with E-state index in [1.807, 2.05) is 0 Å². The van der Waals surface area contributed by atoms with Gasteiger partial charge in [-0.2, -0.15) is 13.2 Å². The van der Waals surface area contributed by atoms with Gasteiger partial charge in [0.05, 0.1) is 29.7 Å². The van der Waals surface area contributed by atoms with Crippen molar-refractivity contribution in [3.63, 3.8) is 0 Å². The van der Waals surface area contributed by atoms with E-state index in [1.54, 1.807) is 6.07 Å². The fraction of sp³-hybridized carbons (Fsp3) is 0.250. The second-order valence-electron chi connectivity index (χ2n) is 6.88. The second kappa shape index (κ2) is 8.28. The highest BCUT2D eigenvalue weighted by molar-refractivity contribution is 8.00. The van der Waals surface area contributed by atoms with E-state index >= 15 is 4.39 Å². The highest BCUT2D eigenvalue weighted by Crippen LogP contribution is 2.52.